The number of nitrogen functional groups attached to an aromatic ring is 1. The van der Waals surface area contributed by atoms with Gasteiger partial charge in [0, 0.05) is 5.69 Å². The molecular weight excluding hydrogens is 202 g/mol. The molecule has 0 bridgehead atoms. The molecule has 1 aromatic rings. The Morgan fingerprint density at radius 3 is 2.29 bits per heavy atom. The van der Waals surface area contributed by atoms with E-state index in [1.165, 1.54) is 7.11 Å². The number of carbonyl (C=O) groups excluding carboxylic acids is 1. The van der Waals surface area contributed by atoms with Gasteiger partial charge in [0.05, 0.1) is 12.7 Å². The highest BCUT2D eigenvalue weighted by Crippen LogP contribution is 2.18. The van der Waals surface area contributed by atoms with Crippen LogP contribution >= 0.6 is 12.4 Å². The fraction of sp³-hybridized carbons (Fsp3) is 0.300. The first-order chi connectivity index (χ1) is 6.06. The number of esters is 1. The zero-order chi connectivity index (χ0) is 10.0. The van der Waals surface area contributed by atoms with Gasteiger partial charge in [-0.1, -0.05) is 0 Å². The summed E-state index contributed by atoms with van der Waals surface area (Å²) in [6.07, 6.45) is 0. The van der Waals surface area contributed by atoms with Crippen LogP contribution in [0.5, 0.6) is 0 Å². The molecule has 2 N–H and O–H groups in total. The third-order valence-electron chi connectivity index (χ3n) is 2.07. The summed E-state index contributed by atoms with van der Waals surface area (Å²) in [4.78, 5) is 11.2. The van der Waals surface area contributed by atoms with Gasteiger partial charge in [-0.15, -0.1) is 12.4 Å². The van der Waals surface area contributed by atoms with Crippen LogP contribution in [0.15, 0.2) is 12.1 Å². The Kier molecular flexibility index (Phi) is 4.44. The van der Waals surface area contributed by atoms with Crippen LogP contribution in [-0.4, -0.2) is 13.1 Å². The first kappa shape index (κ1) is 12.8. The Morgan fingerprint density at radius 2 is 1.79 bits per heavy atom. The van der Waals surface area contributed by atoms with E-state index in [0.717, 1.165) is 11.1 Å². The maximum absolute atomic E-state index is 11.2. The molecule has 4 heteroatoms. The predicted molar refractivity (Wildman–Crippen MR) is 58.9 cm³/mol. The van der Waals surface area contributed by atoms with Crippen molar-refractivity contribution in [2.24, 2.45) is 0 Å². The smallest absolute Gasteiger partial charge is 0.339 e. The van der Waals surface area contributed by atoms with Crippen LogP contribution in [0, 0.1) is 13.8 Å². The summed E-state index contributed by atoms with van der Waals surface area (Å²) in [5.41, 5.74) is 8.68. The molecule has 1 aromatic carbocycles. The van der Waals surface area contributed by atoms with E-state index in [9.17, 15) is 4.79 Å². The van der Waals surface area contributed by atoms with Crippen molar-refractivity contribution >= 4 is 24.1 Å². The number of anilines is 1. The second-order valence-electron chi connectivity index (χ2n) is 3.02. The summed E-state index contributed by atoms with van der Waals surface area (Å²) in [6.45, 7) is 3.88. The molecular formula is C10H14ClNO2. The molecule has 0 aliphatic rings. The molecule has 0 atom stereocenters. The van der Waals surface area contributed by atoms with Gasteiger partial charge in [0.25, 0.3) is 0 Å². The number of benzene rings is 1. The molecule has 0 aliphatic heterocycles. The van der Waals surface area contributed by atoms with Crippen molar-refractivity contribution < 1.29 is 9.53 Å². The quantitative estimate of drug-likeness (QED) is 0.577. The Hall–Kier alpha value is -1.22. The standard InChI is InChI=1S/C10H13NO2.ClH/c1-6-4-8(10(12)13-3)9(11)5-7(6)2;/h4-5H,11H2,1-3H3;1H. The molecule has 1 rings (SSSR count). The summed E-state index contributed by atoms with van der Waals surface area (Å²) in [5.74, 6) is -0.388. The number of ether oxygens (including phenoxy) is 1. The lowest BCUT2D eigenvalue weighted by Gasteiger charge is -2.07. The lowest BCUT2D eigenvalue weighted by molar-refractivity contribution is 0.0602. The number of halogens is 1. The molecule has 0 fully saturated rings. The van der Waals surface area contributed by atoms with Crippen molar-refractivity contribution in [3.8, 4) is 0 Å². The van der Waals surface area contributed by atoms with Gasteiger partial charge >= 0.3 is 5.97 Å². The number of carbonyl (C=O) groups is 1. The van der Waals surface area contributed by atoms with E-state index in [4.69, 9.17) is 5.73 Å². The molecule has 0 saturated heterocycles. The van der Waals surface area contributed by atoms with Gasteiger partial charge in [-0.25, -0.2) is 4.79 Å². The minimum Gasteiger partial charge on any atom is -0.465 e. The highest BCUT2D eigenvalue weighted by molar-refractivity contribution is 5.95. The van der Waals surface area contributed by atoms with Crippen LogP contribution in [0.1, 0.15) is 21.5 Å². The number of hydrogen-bond donors (Lipinski definition) is 1. The lowest BCUT2D eigenvalue weighted by atomic mass is 10.0. The van der Waals surface area contributed by atoms with Crippen LogP contribution in [0.3, 0.4) is 0 Å². The molecule has 14 heavy (non-hydrogen) atoms. The molecule has 0 amide bonds. The van der Waals surface area contributed by atoms with Gasteiger partial charge in [0.2, 0.25) is 0 Å². The molecule has 3 nitrogen and oxygen atoms in total. The summed E-state index contributed by atoms with van der Waals surface area (Å²) >= 11 is 0. The molecule has 0 radical (unpaired) electrons. The van der Waals surface area contributed by atoms with Gasteiger partial charge in [0.1, 0.15) is 0 Å². The van der Waals surface area contributed by atoms with E-state index in [1.807, 2.05) is 13.8 Å². The van der Waals surface area contributed by atoms with Crippen molar-refractivity contribution in [2.75, 3.05) is 12.8 Å². The summed E-state index contributed by atoms with van der Waals surface area (Å²) in [5, 5.41) is 0. The van der Waals surface area contributed by atoms with E-state index >= 15 is 0 Å². The maximum atomic E-state index is 11.2. The minimum absolute atomic E-state index is 0. The average molecular weight is 216 g/mol. The van der Waals surface area contributed by atoms with Crippen molar-refractivity contribution in [3.05, 3.63) is 28.8 Å². The molecule has 0 spiro atoms. The van der Waals surface area contributed by atoms with E-state index in [1.54, 1.807) is 12.1 Å². The fourth-order valence-electron chi connectivity index (χ4n) is 1.13. The first-order valence-electron chi connectivity index (χ1n) is 4.01. The highest BCUT2D eigenvalue weighted by Gasteiger charge is 2.10. The van der Waals surface area contributed by atoms with Crippen LogP contribution in [0.2, 0.25) is 0 Å². The zero-order valence-electron chi connectivity index (χ0n) is 8.46. The predicted octanol–water partition coefficient (Wildman–Crippen LogP) is 2.09. The van der Waals surface area contributed by atoms with Gasteiger partial charge in [-0.2, -0.15) is 0 Å². The number of rotatable bonds is 1. The third kappa shape index (κ3) is 2.39. The van der Waals surface area contributed by atoms with Crippen LogP contribution in [0.25, 0.3) is 0 Å². The zero-order valence-corrected chi connectivity index (χ0v) is 9.27. The molecule has 0 heterocycles. The molecule has 0 unspecified atom stereocenters. The average Bonchev–Trinajstić information content (AvgIpc) is 2.10. The SMILES string of the molecule is COC(=O)c1cc(C)c(C)cc1N.Cl. The second-order valence-corrected chi connectivity index (χ2v) is 3.02. The van der Waals surface area contributed by atoms with Gasteiger partial charge < -0.3 is 10.5 Å². The molecule has 0 aromatic heterocycles. The largest absolute Gasteiger partial charge is 0.465 e. The maximum Gasteiger partial charge on any atom is 0.339 e. The molecule has 0 aliphatic carbocycles. The van der Waals surface area contributed by atoms with Gasteiger partial charge in [-0.3, -0.25) is 0 Å². The summed E-state index contributed by atoms with van der Waals surface area (Å²) in [6, 6.07) is 3.53. The monoisotopic (exact) mass is 215 g/mol. The Balaban J connectivity index is 0.00000169. The van der Waals surface area contributed by atoms with Gasteiger partial charge in [0.15, 0.2) is 0 Å². The Morgan fingerprint density at radius 1 is 1.29 bits per heavy atom. The number of nitrogens with two attached hydrogens (primary N) is 1. The molecule has 78 valence electrons. The second kappa shape index (κ2) is 4.86. The molecule has 0 saturated carbocycles. The van der Waals surface area contributed by atoms with Gasteiger partial charge in [-0.05, 0) is 37.1 Å². The van der Waals surface area contributed by atoms with Crippen molar-refractivity contribution in [1.82, 2.24) is 0 Å². The van der Waals surface area contributed by atoms with Crippen molar-refractivity contribution in [3.63, 3.8) is 0 Å². The number of methoxy groups -OCH3 is 1. The minimum atomic E-state index is -0.388. The Labute approximate surface area is 89.7 Å². The van der Waals surface area contributed by atoms with Crippen molar-refractivity contribution in [1.29, 1.82) is 0 Å². The van der Waals surface area contributed by atoms with Crippen molar-refractivity contribution in [2.45, 2.75) is 13.8 Å². The number of aryl methyl sites for hydroxylation is 2. The van der Waals surface area contributed by atoms with Crippen LogP contribution in [-0.2, 0) is 4.74 Å². The topological polar surface area (TPSA) is 52.3 Å². The van der Waals surface area contributed by atoms with Crippen LogP contribution in [0.4, 0.5) is 5.69 Å². The van der Waals surface area contributed by atoms with E-state index in [0.29, 0.717) is 11.3 Å². The van der Waals surface area contributed by atoms with Crippen LogP contribution < -0.4 is 5.73 Å². The van der Waals surface area contributed by atoms with E-state index in [-0.39, 0.29) is 18.4 Å². The lowest BCUT2D eigenvalue weighted by Crippen LogP contribution is -2.06. The Bertz CT molecular complexity index is 350. The normalized spacial score (nSPS) is 9.07. The van der Waals surface area contributed by atoms with E-state index in [2.05, 4.69) is 4.74 Å². The summed E-state index contributed by atoms with van der Waals surface area (Å²) in [7, 11) is 1.34. The highest BCUT2D eigenvalue weighted by atomic mass is 35.5. The number of hydrogen-bond acceptors (Lipinski definition) is 3. The fourth-order valence-corrected chi connectivity index (χ4v) is 1.13. The summed E-state index contributed by atoms with van der Waals surface area (Å²) < 4.78 is 4.59. The van der Waals surface area contributed by atoms with E-state index < -0.39 is 0 Å². The first-order valence-corrected chi connectivity index (χ1v) is 4.01. The third-order valence-corrected chi connectivity index (χ3v) is 2.07.